The minimum Gasteiger partial charge on any atom is -0.368 e. The average molecular weight is 1830 g/mol. The second-order valence-corrected chi connectivity index (χ2v) is 32.6. The van der Waals surface area contributed by atoms with Gasteiger partial charge in [0, 0.05) is 217 Å². The number of hydrogen-bond acceptors (Lipinski definition) is 33. The van der Waals surface area contributed by atoms with Gasteiger partial charge in [0.1, 0.15) is 22.6 Å². The summed E-state index contributed by atoms with van der Waals surface area (Å²) >= 11 is 0. The normalized spacial score (nSPS) is 15.8. The van der Waals surface area contributed by atoms with Gasteiger partial charge in [-0.05, 0) is 78.6 Å². The molecule has 6 aliphatic heterocycles. The largest absolute Gasteiger partial charge is 0.368 e. The number of hydrogen-bond donors (Lipinski definition) is 11. The summed E-state index contributed by atoms with van der Waals surface area (Å²) in [5.41, 5.74) is 11.9. The third-order valence-electron chi connectivity index (χ3n) is 22.4. The van der Waals surface area contributed by atoms with E-state index in [-0.39, 0.29) is 56.7 Å². The smallest absolute Gasteiger partial charge is 0.293 e. The van der Waals surface area contributed by atoms with Gasteiger partial charge in [-0.25, -0.2) is 47.3 Å². The first-order chi connectivity index (χ1) is 63.7. The maximum absolute atomic E-state index is 12.8. The predicted octanol–water partition coefficient (Wildman–Crippen LogP) is 5.22. The molecule has 0 saturated carbocycles. The number of amides is 7. The summed E-state index contributed by atoms with van der Waals surface area (Å²) < 4.78 is 26.6. The van der Waals surface area contributed by atoms with Gasteiger partial charge in [0.05, 0.1) is 43.8 Å². The molecule has 0 aliphatic carbocycles. The molecule has 46 heteroatoms. The van der Waals surface area contributed by atoms with Crippen LogP contribution in [0.2, 0.25) is 0 Å². The summed E-state index contributed by atoms with van der Waals surface area (Å²) in [6, 6.07) is 47.6. The average Bonchev–Trinajstić information content (AvgIpc) is 1.55. The number of nitrogens with zero attached hydrogens (tertiary/aromatic N) is 19. The van der Waals surface area contributed by atoms with Crippen molar-refractivity contribution in [2.45, 2.75) is 18.4 Å². The number of aromatic nitrogens is 5. The molecule has 9 aromatic rings. The molecular formula is C86H99N25O20S. The monoisotopic (exact) mass is 1830 g/mol. The van der Waals surface area contributed by atoms with Crippen LogP contribution in [0.15, 0.2) is 207 Å². The lowest BCUT2D eigenvalue weighted by Gasteiger charge is -2.43. The second kappa shape index (κ2) is 46.8. The van der Waals surface area contributed by atoms with Gasteiger partial charge in [0.25, 0.3) is 62.7 Å². The van der Waals surface area contributed by atoms with Crippen LogP contribution < -0.4 is 62.1 Å². The molecule has 6 aromatic carbocycles. The van der Waals surface area contributed by atoms with Crippen molar-refractivity contribution in [2.24, 2.45) is 0 Å². The Kier molecular flexibility index (Phi) is 34.6. The van der Waals surface area contributed by atoms with Crippen LogP contribution in [-0.2, 0) is 15.0 Å². The van der Waals surface area contributed by atoms with Crippen LogP contribution in [-0.4, -0.2) is 296 Å². The number of nitrogens with one attached hydrogen (secondary N) is 6. The van der Waals surface area contributed by atoms with E-state index in [1.165, 1.54) is 106 Å². The fourth-order valence-corrected chi connectivity index (χ4v) is 16.3. The summed E-state index contributed by atoms with van der Waals surface area (Å²) in [7, 11) is -0.417. The zero-order valence-corrected chi connectivity index (χ0v) is 72.6. The number of nitro benzene ring substituents is 3. The molecular weight excluding hydrogens is 1740 g/mol. The molecule has 15 rings (SSSR count). The summed E-state index contributed by atoms with van der Waals surface area (Å²) in [6.45, 7) is 12.7. The number of anilines is 6. The molecule has 45 nitrogen and oxygen atoms in total. The first kappa shape index (κ1) is 97.6. The molecule has 1 spiro atoms. The van der Waals surface area contributed by atoms with Crippen molar-refractivity contribution in [2.75, 3.05) is 181 Å². The number of benzene rings is 6. The lowest BCUT2D eigenvalue weighted by atomic mass is 9.85. The Bertz CT molecular complexity index is 5650. The topological polar surface area (TPSA) is 556 Å². The first-order valence-corrected chi connectivity index (χ1v) is 42.9. The Balaban J connectivity index is 0.000000160. The van der Waals surface area contributed by atoms with Crippen LogP contribution in [0.25, 0.3) is 12.2 Å². The van der Waals surface area contributed by atoms with Gasteiger partial charge in [-0.2, -0.15) is 17.0 Å². The van der Waals surface area contributed by atoms with Crippen molar-refractivity contribution >= 4 is 115 Å². The number of hydroxylamine groups is 5. The highest BCUT2D eigenvalue weighted by atomic mass is 32.2. The minimum absolute atomic E-state index is 0.00754. The van der Waals surface area contributed by atoms with E-state index in [4.69, 9.17) is 26.0 Å². The third kappa shape index (κ3) is 25.3. The molecule has 7 amide bonds. The Labute approximate surface area is 756 Å². The molecule has 694 valence electrons. The van der Waals surface area contributed by atoms with Crippen LogP contribution >= 0.6 is 0 Å². The van der Waals surface area contributed by atoms with Crippen LogP contribution in [0.1, 0.15) is 86.2 Å². The number of pyridine rings is 1. The van der Waals surface area contributed by atoms with Crippen molar-refractivity contribution in [3.05, 3.63) is 282 Å². The number of carbonyl (C=O) groups excluding carboxylic acids is 7. The summed E-state index contributed by atoms with van der Waals surface area (Å²) in [6.07, 6.45) is 16.3. The molecule has 3 aromatic heterocycles. The van der Waals surface area contributed by atoms with E-state index in [2.05, 4.69) is 81.4 Å². The van der Waals surface area contributed by atoms with E-state index in [0.29, 0.717) is 146 Å². The van der Waals surface area contributed by atoms with E-state index in [1.807, 2.05) is 103 Å². The quantitative estimate of drug-likeness (QED) is 0.0222. The maximum atomic E-state index is 12.8. The van der Waals surface area contributed by atoms with Crippen molar-refractivity contribution < 1.29 is 82.8 Å². The Morgan fingerprint density at radius 1 is 0.455 bits per heavy atom. The molecule has 11 N–H and O–H groups in total. The minimum atomic E-state index is -3.41. The van der Waals surface area contributed by atoms with Crippen LogP contribution in [0.4, 0.5) is 51.7 Å². The number of rotatable bonds is 23. The van der Waals surface area contributed by atoms with Gasteiger partial charge >= 0.3 is 0 Å². The molecule has 6 saturated heterocycles. The molecule has 0 radical (unpaired) electrons. The van der Waals surface area contributed by atoms with Crippen LogP contribution in [0, 0.1) is 30.3 Å². The van der Waals surface area contributed by atoms with Crippen molar-refractivity contribution in [3.8, 4) is 0 Å². The van der Waals surface area contributed by atoms with Gasteiger partial charge in [-0.3, -0.25) is 105 Å². The van der Waals surface area contributed by atoms with Gasteiger partial charge in [-0.15, -0.1) is 0 Å². The van der Waals surface area contributed by atoms with Gasteiger partial charge < -0.3 is 39.6 Å². The van der Waals surface area contributed by atoms with Crippen molar-refractivity contribution in [1.82, 2.24) is 80.9 Å². The molecule has 6 aliphatic rings. The van der Waals surface area contributed by atoms with E-state index in [9.17, 15) is 72.3 Å². The number of carbonyl (C=O) groups is 7. The van der Waals surface area contributed by atoms with E-state index >= 15 is 0 Å². The van der Waals surface area contributed by atoms with Crippen LogP contribution in [0.3, 0.4) is 0 Å². The fraction of sp³-hybridized carbons (Fsp3) is 0.302. The highest BCUT2D eigenvalue weighted by molar-refractivity contribution is 7.86. The van der Waals surface area contributed by atoms with Crippen molar-refractivity contribution in [3.63, 3.8) is 0 Å². The molecule has 0 unspecified atom stereocenters. The molecule has 132 heavy (non-hydrogen) atoms. The Morgan fingerprint density at radius 2 is 0.856 bits per heavy atom. The zero-order chi connectivity index (χ0) is 94.4. The van der Waals surface area contributed by atoms with E-state index in [1.54, 1.807) is 46.9 Å². The molecule has 9 heterocycles. The van der Waals surface area contributed by atoms with Crippen LogP contribution in [0.5, 0.6) is 0 Å². The number of piperazine rings is 4. The highest BCUT2D eigenvalue weighted by Gasteiger charge is 2.51. The standard InChI is InChI=1S/C20H21N5O5.2C20H22N4O4.C15H16N6O3.C11H18N6O4S/c26-18(22-28)14-6-7-16(17(12-14)25(29)30)23-10-8-20(9-11-23)19(27)21-13-24(20)15-4-2-1-3-5-15;25-20(21-26)18-15-17(24(27)28)8-9-19(18)23-13-11-22(12-14-23)10-4-7-16-5-2-1-3-6-16;25-20(21-26)17-8-9-18(19(15-17)24(27)28)23-13-11-22(12-14-23)10-4-7-16-5-2-1-3-6-16;22-13(19-24)11-9-17-15(18-10-11)21-7-5-20(6-8-21)14(23)12-3-1-2-4-16-12;1-15(2)22(20,21)17-5-3-16(4-6-17)11-12-7-9(8-13-11)10(18)14-19/h1-7,12,28H,8-11,13H2,(H,21,27)(H,22,26);2*1-9,15,26H,10-14H2,(H,21,25);1-4,9-10,24H,5-8H2,(H,19,22);7-8,19H,3-6H2,1-2H3,(H,14,18)/b;2*7-4+;;. The Hall–Kier alpha value is -15.0. The summed E-state index contributed by atoms with van der Waals surface area (Å²) in [4.78, 5) is 153. The summed E-state index contributed by atoms with van der Waals surface area (Å²) in [5.74, 6) is -2.92. The van der Waals surface area contributed by atoms with Gasteiger partial charge in [0.15, 0.2) is 0 Å². The number of para-hydroxylation sites is 1. The van der Waals surface area contributed by atoms with Gasteiger partial charge in [-0.1, -0.05) is 109 Å². The second-order valence-electron chi connectivity index (χ2n) is 30.4. The van der Waals surface area contributed by atoms with Gasteiger partial charge in [0.2, 0.25) is 17.8 Å². The maximum Gasteiger partial charge on any atom is 0.293 e. The SMILES string of the molecule is CN(C)S(=O)(=O)N1CCN(c2ncc(C(=O)NO)cn2)CC1.O=C(NO)c1cc([N+](=O)[O-])ccc1N1CCN(C/C=C/c2ccccc2)CC1.O=C(NO)c1ccc(N2CCC3(CC2)C(=O)NCN3c2ccccc2)c([N+](=O)[O-])c1.O=C(NO)c1ccc(N2CCN(C/C=C/c3ccccc3)CC2)c([N+](=O)[O-])c1.O=C(NO)c1cnc(N2CCN(C(=O)c3ccccn3)CC2)nc1. The van der Waals surface area contributed by atoms with E-state index in [0.717, 1.165) is 62.1 Å². The lowest BCUT2D eigenvalue weighted by Crippen LogP contribution is -2.56. The first-order valence-electron chi connectivity index (χ1n) is 41.5. The van der Waals surface area contributed by atoms with E-state index < -0.39 is 60.1 Å². The highest BCUT2D eigenvalue weighted by Crippen LogP contribution is 2.40. The predicted molar refractivity (Wildman–Crippen MR) is 483 cm³/mol. The molecule has 0 bridgehead atoms. The number of nitro groups is 3. The Morgan fingerprint density at radius 3 is 1.27 bits per heavy atom. The molecule has 0 atom stereocenters. The van der Waals surface area contributed by atoms with Crippen molar-refractivity contribution in [1.29, 1.82) is 0 Å². The summed E-state index contributed by atoms with van der Waals surface area (Å²) in [5, 5.41) is 80.5. The zero-order valence-electron chi connectivity index (χ0n) is 71.8. The fourth-order valence-electron chi connectivity index (χ4n) is 15.2. The number of piperidine rings is 1. The molecule has 6 fully saturated rings. The number of non-ortho nitro benzene ring substituents is 1. The third-order valence-corrected chi connectivity index (χ3v) is 24.3. The lowest BCUT2D eigenvalue weighted by molar-refractivity contribution is -0.384.